The molecule has 3 rings (SSSR count). The van der Waals surface area contributed by atoms with Gasteiger partial charge in [-0.1, -0.05) is 24.3 Å². The van der Waals surface area contributed by atoms with E-state index in [0.29, 0.717) is 12.8 Å². The number of aryl methyl sites for hydroxylation is 1. The van der Waals surface area contributed by atoms with Crippen molar-refractivity contribution in [1.82, 2.24) is 0 Å². The Morgan fingerprint density at radius 1 is 1.38 bits per heavy atom. The van der Waals surface area contributed by atoms with Crippen molar-refractivity contribution in [3.8, 4) is 5.75 Å². The Labute approximate surface area is 154 Å². The number of carbonyl (C=O) groups is 2. The van der Waals surface area contributed by atoms with Crippen molar-refractivity contribution in [1.29, 1.82) is 0 Å². The average molecular weight is 358 g/mol. The van der Waals surface area contributed by atoms with E-state index in [0.717, 1.165) is 30.6 Å². The lowest BCUT2D eigenvalue weighted by atomic mass is 9.85. The van der Waals surface area contributed by atoms with Gasteiger partial charge >= 0.3 is 11.9 Å². The molecule has 5 heteroatoms. The maximum Gasteiger partial charge on any atom is 0.305 e. The molecule has 2 aliphatic rings. The number of methoxy groups -OCH3 is 1. The monoisotopic (exact) mass is 358 g/mol. The van der Waals surface area contributed by atoms with Gasteiger partial charge in [-0.3, -0.25) is 9.59 Å². The minimum atomic E-state index is -0.249. The minimum absolute atomic E-state index is 0.0288. The van der Waals surface area contributed by atoms with Crippen LogP contribution in [0.3, 0.4) is 0 Å². The molecule has 0 radical (unpaired) electrons. The van der Waals surface area contributed by atoms with Crippen LogP contribution in [-0.4, -0.2) is 31.3 Å². The van der Waals surface area contributed by atoms with Gasteiger partial charge in [0.05, 0.1) is 7.11 Å². The summed E-state index contributed by atoms with van der Waals surface area (Å²) in [5.41, 5.74) is 2.31. The lowest BCUT2D eigenvalue weighted by molar-refractivity contribution is -0.148. The van der Waals surface area contributed by atoms with Crippen LogP contribution in [0.15, 0.2) is 30.9 Å². The molecule has 140 valence electrons. The number of benzene rings is 1. The molecule has 1 aliphatic heterocycles. The second-order valence-electron chi connectivity index (χ2n) is 7.02. The Hall–Kier alpha value is -2.30. The molecule has 1 fully saturated rings. The summed E-state index contributed by atoms with van der Waals surface area (Å²) in [5.74, 6) is 0.912. The summed E-state index contributed by atoms with van der Waals surface area (Å²) in [6.07, 6.45) is 5.19. The standard InChI is InChI=1S/C21H26O5/c1-4-7-15-17(25-13(2)22)12-18-20(15)16-10-5-8-14(21(16)26-18)9-6-11-19(23)24-3/h4-5,8,10,15,17-18,20H,1,6-7,9,11-12H2,2-3H3/t15?,17-,18?,20?/m1/s1. The van der Waals surface area contributed by atoms with Crippen molar-refractivity contribution in [2.24, 2.45) is 5.92 Å². The van der Waals surface area contributed by atoms with Crippen LogP contribution in [0.4, 0.5) is 0 Å². The van der Waals surface area contributed by atoms with Crippen LogP contribution in [0, 0.1) is 5.92 Å². The first-order chi connectivity index (χ1) is 12.5. The predicted molar refractivity (Wildman–Crippen MR) is 97.0 cm³/mol. The largest absolute Gasteiger partial charge is 0.489 e. The lowest BCUT2D eigenvalue weighted by Gasteiger charge is -2.22. The Kier molecular flexibility index (Phi) is 5.64. The highest BCUT2D eigenvalue weighted by Gasteiger charge is 2.51. The van der Waals surface area contributed by atoms with Gasteiger partial charge in [0.1, 0.15) is 18.0 Å². The number of rotatable bonds is 7. The molecule has 0 saturated heterocycles. The molecule has 1 aromatic rings. The van der Waals surface area contributed by atoms with Crippen LogP contribution in [0.25, 0.3) is 0 Å². The Morgan fingerprint density at radius 3 is 2.88 bits per heavy atom. The number of hydrogen-bond acceptors (Lipinski definition) is 5. The number of fused-ring (bicyclic) bond motifs is 3. The van der Waals surface area contributed by atoms with E-state index in [2.05, 4.69) is 18.7 Å². The highest BCUT2D eigenvalue weighted by molar-refractivity contribution is 5.69. The van der Waals surface area contributed by atoms with Gasteiger partial charge in [0.2, 0.25) is 0 Å². The van der Waals surface area contributed by atoms with Crippen LogP contribution in [0.2, 0.25) is 0 Å². The zero-order valence-electron chi connectivity index (χ0n) is 15.4. The topological polar surface area (TPSA) is 61.8 Å². The highest BCUT2D eigenvalue weighted by atomic mass is 16.5. The quantitative estimate of drug-likeness (QED) is 0.551. The second kappa shape index (κ2) is 7.94. The van der Waals surface area contributed by atoms with E-state index < -0.39 is 0 Å². The zero-order valence-corrected chi connectivity index (χ0v) is 15.4. The van der Waals surface area contributed by atoms with Gasteiger partial charge < -0.3 is 14.2 Å². The molecule has 1 aromatic carbocycles. The van der Waals surface area contributed by atoms with Gasteiger partial charge in [-0.05, 0) is 24.8 Å². The summed E-state index contributed by atoms with van der Waals surface area (Å²) in [4.78, 5) is 22.8. The van der Waals surface area contributed by atoms with Crippen LogP contribution in [0.1, 0.15) is 49.7 Å². The van der Waals surface area contributed by atoms with Crippen LogP contribution < -0.4 is 4.74 Å². The van der Waals surface area contributed by atoms with E-state index in [9.17, 15) is 9.59 Å². The van der Waals surface area contributed by atoms with Crippen LogP contribution in [-0.2, 0) is 25.5 Å². The number of hydrogen-bond donors (Lipinski definition) is 0. The predicted octanol–water partition coefficient (Wildman–Crippen LogP) is 3.55. The number of allylic oxidation sites excluding steroid dienone is 1. The maximum atomic E-state index is 11.4. The van der Waals surface area contributed by atoms with Crippen molar-refractivity contribution in [2.75, 3.05) is 7.11 Å². The third-order valence-corrected chi connectivity index (χ3v) is 5.37. The SMILES string of the molecule is C=CCC1C2c3cccc(CCCC(=O)OC)c3OC2C[C@H]1OC(C)=O. The number of ether oxygens (including phenoxy) is 3. The fourth-order valence-corrected chi connectivity index (χ4v) is 4.33. The van der Waals surface area contributed by atoms with Gasteiger partial charge in [0, 0.05) is 37.2 Å². The molecule has 4 atom stereocenters. The van der Waals surface area contributed by atoms with E-state index in [-0.39, 0.29) is 36.0 Å². The Bertz CT molecular complexity index is 696. The molecule has 1 heterocycles. The lowest BCUT2D eigenvalue weighted by Crippen LogP contribution is -2.23. The third-order valence-electron chi connectivity index (χ3n) is 5.37. The summed E-state index contributed by atoms with van der Waals surface area (Å²) >= 11 is 0. The first-order valence-corrected chi connectivity index (χ1v) is 9.18. The van der Waals surface area contributed by atoms with Crippen molar-refractivity contribution in [3.63, 3.8) is 0 Å². The fourth-order valence-electron chi connectivity index (χ4n) is 4.33. The van der Waals surface area contributed by atoms with Crippen molar-refractivity contribution >= 4 is 11.9 Å². The van der Waals surface area contributed by atoms with E-state index in [1.54, 1.807) is 0 Å². The zero-order chi connectivity index (χ0) is 18.7. The Morgan fingerprint density at radius 2 is 2.19 bits per heavy atom. The third kappa shape index (κ3) is 3.62. The first-order valence-electron chi connectivity index (χ1n) is 9.18. The fraction of sp³-hybridized carbons (Fsp3) is 0.524. The van der Waals surface area contributed by atoms with Gasteiger partial charge in [-0.2, -0.15) is 0 Å². The summed E-state index contributed by atoms with van der Waals surface area (Å²) < 4.78 is 16.5. The molecule has 0 N–H and O–H groups in total. The molecule has 1 aliphatic carbocycles. The van der Waals surface area contributed by atoms with Crippen LogP contribution in [0.5, 0.6) is 5.75 Å². The smallest absolute Gasteiger partial charge is 0.305 e. The second-order valence-corrected chi connectivity index (χ2v) is 7.02. The molecule has 5 nitrogen and oxygen atoms in total. The van der Waals surface area contributed by atoms with E-state index in [4.69, 9.17) is 14.2 Å². The van der Waals surface area contributed by atoms with Gasteiger partial charge in [-0.25, -0.2) is 0 Å². The van der Waals surface area contributed by atoms with Crippen molar-refractivity contribution < 1.29 is 23.8 Å². The van der Waals surface area contributed by atoms with Gasteiger partial charge in [-0.15, -0.1) is 6.58 Å². The van der Waals surface area contributed by atoms with Crippen molar-refractivity contribution in [3.05, 3.63) is 42.0 Å². The van der Waals surface area contributed by atoms with Gasteiger partial charge in [0.25, 0.3) is 0 Å². The van der Waals surface area contributed by atoms with Crippen LogP contribution >= 0.6 is 0 Å². The van der Waals surface area contributed by atoms with Crippen molar-refractivity contribution in [2.45, 2.75) is 57.2 Å². The molecular formula is C21H26O5. The molecular weight excluding hydrogens is 332 g/mol. The van der Waals surface area contributed by atoms with E-state index in [1.807, 2.05) is 12.1 Å². The van der Waals surface area contributed by atoms with E-state index >= 15 is 0 Å². The first kappa shape index (κ1) is 18.5. The van der Waals surface area contributed by atoms with Gasteiger partial charge in [0.15, 0.2) is 0 Å². The molecule has 3 unspecified atom stereocenters. The normalized spacial score (nSPS) is 25.8. The summed E-state index contributed by atoms with van der Waals surface area (Å²) in [6.45, 7) is 5.32. The molecule has 0 spiro atoms. The minimum Gasteiger partial charge on any atom is -0.489 e. The average Bonchev–Trinajstić information content (AvgIpc) is 3.12. The molecule has 0 bridgehead atoms. The maximum absolute atomic E-state index is 11.4. The van der Waals surface area contributed by atoms with E-state index in [1.165, 1.54) is 19.6 Å². The molecule has 26 heavy (non-hydrogen) atoms. The molecule has 0 amide bonds. The molecule has 1 saturated carbocycles. The highest BCUT2D eigenvalue weighted by Crippen LogP contribution is 2.53. The summed E-state index contributed by atoms with van der Waals surface area (Å²) in [6, 6.07) is 6.21. The Balaban J connectivity index is 1.78. The summed E-state index contributed by atoms with van der Waals surface area (Å²) in [5, 5.41) is 0. The number of esters is 2. The summed E-state index contributed by atoms with van der Waals surface area (Å²) in [7, 11) is 1.41. The number of carbonyl (C=O) groups excluding carboxylic acids is 2. The number of para-hydroxylation sites is 1. The molecule has 0 aromatic heterocycles.